The molecule has 0 aliphatic heterocycles. The monoisotopic (exact) mass is 474 g/mol. The van der Waals surface area contributed by atoms with Crippen molar-refractivity contribution in [2.45, 2.75) is 30.8 Å². The van der Waals surface area contributed by atoms with Gasteiger partial charge in [0.2, 0.25) is 9.84 Å². The summed E-state index contributed by atoms with van der Waals surface area (Å²) in [7, 11) is -8.20. The molecule has 32 heavy (non-hydrogen) atoms. The first-order valence-corrected chi connectivity index (χ1v) is 13.4. The van der Waals surface area contributed by atoms with Crippen LogP contribution in [-0.4, -0.2) is 32.8 Å². The normalized spacial score (nSPS) is 19.9. The fourth-order valence-electron chi connectivity index (χ4n) is 3.96. The lowest BCUT2D eigenvalue weighted by Crippen LogP contribution is -2.43. The molecular formula is C24H26O6S2. The first kappa shape index (κ1) is 23.9. The zero-order chi connectivity index (χ0) is 23.6. The Kier molecular flexibility index (Phi) is 6.76. The van der Waals surface area contributed by atoms with Gasteiger partial charge >= 0.3 is 0 Å². The van der Waals surface area contributed by atoms with E-state index < -0.39 is 41.2 Å². The van der Waals surface area contributed by atoms with Crippen LogP contribution in [0.25, 0.3) is 0 Å². The predicted octanol–water partition coefficient (Wildman–Crippen LogP) is 3.69. The second-order valence-corrected chi connectivity index (χ2v) is 12.5. The van der Waals surface area contributed by atoms with Crippen molar-refractivity contribution < 1.29 is 26.7 Å². The molecule has 0 saturated carbocycles. The largest absolute Gasteiger partial charge is 0.508 e. The van der Waals surface area contributed by atoms with Gasteiger partial charge in [-0.2, -0.15) is 0 Å². The highest BCUT2D eigenvalue weighted by atomic mass is 32.2. The third-order valence-electron chi connectivity index (χ3n) is 5.52. The maximum Gasteiger partial charge on any atom is 0.251 e. The molecule has 6 nitrogen and oxygen atoms in total. The number of hydrogen-bond acceptors (Lipinski definition) is 6. The topological polar surface area (TPSA) is 106 Å². The Bertz CT molecular complexity index is 1260. The number of benzene rings is 2. The molecule has 2 atom stereocenters. The highest BCUT2D eigenvalue weighted by molar-refractivity contribution is 8.07. The summed E-state index contributed by atoms with van der Waals surface area (Å²) in [6.45, 7) is 3.11. The summed E-state index contributed by atoms with van der Waals surface area (Å²) in [6.07, 6.45) is 4.89. The van der Waals surface area contributed by atoms with Crippen molar-refractivity contribution in [2.75, 3.05) is 5.75 Å². The van der Waals surface area contributed by atoms with Crippen molar-refractivity contribution in [3.8, 4) is 5.75 Å². The number of aromatic hydroxyl groups is 1. The SMILES string of the molecule is CC1=CC=CC(c2ccc(O)cc2)(S(=O)(=O)C(=O)C(C)CS(=O)(=O)Cc2ccccc2)C1. The van der Waals surface area contributed by atoms with E-state index in [0.717, 1.165) is 5.57 Å². The summed E-state index contributed by atoms with van der Waals surface area (Å²) >= 11 is 0. The quantitative estimate of drug-likeness (QED) is 0.656. The Morgan fingerprint density at radius 1 is 1.03 bits per heavy atom. The van der Waals surface area contributed by atoms with Crippen LogP contribution in [0.2, 0.25) is 0 Å². The minimum atomic E-state index is -4.48. The summed E-state index contributed by atoms with van der Waals surface area (Å²) in [6, 6.07) is 14.2. The Morgan fingerprint density at radius 2 is 1.66 bits per heavy atom. The van der Waals surface area contributed by atoms with Gasteiger partial charge in [0.05, 0.1) is 11.5 Å². The van der Waals surface area contributed by atoms with E-state index in [9.17, 15) is 26.7 Å². The Hall–Kier alpha value is -2.71. The van der Waals surface area contributed by atoms with Gasteiger partial charge in [0.15, 0.2) is 9.84 Å². The number of hydrogen-bond donors (Lipinski definition) is 1. The van der Waals surface area contributed by atoms with Gasteiger partial charge in [0, 0.05) is 5.92 Å². The van der Waals surface area contributed by atoms with Gasteiger partial charge in [0.1, 0.15) is 10.5 Å². The highest BCUT2D eigenvalue weighted by Crippen LogP contribution is 2.42. The first-order chi connectivity index (χ1) is 15.0. The molecule has 2 aromatic rings. The molecular weight excluding hydrogens is 448 g/mol. The van der Waals surface area contributed by atoms with Crippen LogP contribution >= 0.6 is 0 Å². The van der Waals surface area contributed by atoms with Crippen LogP contribution in [0.15, 0.2) is 78.4 Å². The molecule has 0 heterocycles. The highest BCUT2D eigenvalue weighted by Gasteiger charge is 2.49. The van der Waals surface area contributed by atoms with E-state index in [4.69, 9.17) is 0 Å². The number of allylic oxidation sites excluding steroid dienone is 3. The predicted molar refractivity (Wildman–Crippen MR) is 124 cm³/mol. The van der Waals surface area contributed by atoms with Crippen molar-refractivity contribution in [2.24, 2.45) is 5.92 Å². The second kappa shape index (κ2) is 9.03. The molecule has 0 bridgehead atoms. The van der Waals surface area contributed by atoms with E-state index in [0.29, 0.717) is 11.1 Å². The molecule has 0 radical (unpaired) electrons. The Labute approximate surface area is 189 Å². The standard InChI is InChI=1S/C24H26O6S2/c1-18-7-6-14-24(15-18,21-10-12-22(25)13-11-21)32(29,30)23(26)19(2)16-31(27,28)17-20-8-4-3-5-9-20/h3-14,19,25H,15-17H2,1-2H3. The number of phenolic OH excluding ortho intramolecular Hbond substituents is 1. The summed E-state index contributed by atoms with van der Waals surface area (Å²) in [5.41, 5.74) is 1.68. The number of sulfone groups is 2. The molecule has 3 rings (SSSR count). The van der Waals surface area contributed by atoms with Crippen LogP contribution in [0, 0.1) is 5.92 Å². The van der Waals surface area contributed by atoms with E-state index in [1.54, 1.807) is 49.4 Å². The van der Waals surface area contributed by atoms with Gasteiger partial charge in [-0.3, -0.25) is 4.79 Å². The van der Waals surface area contributed by atoms with Crippen LogP contribution < -0.4 is 0 Å². The second-order valence-electron chi connectivity index (χ2n) is 8.25. The van der Waals surface area contributed by atoms with Crippen LogP contribution in [0.5, 0.6) is 5.75 Å². The van der Waals surface area contributed by atoms with Crippen molar-refractivity contribution >= 4 is 24.8 Å². The van der Waals surface area contributed by atoms with E-state index in [-0.39, 0.29) is 17.9 Å². The molecule has 1 aliphatic rings. The molecule has 0 amide bonds. The van der Waals surface area contributed by atoms with E-state index in [2.05, 4.69) is 0 Å². The third kappa shape index (κ3) is 4.86. The third-order valence-corrected chi connectivity index (χ3v) is 9.71. The molecule has 2 aromatic carbocycles. The Balaban J connectivity index is 1.93. The van der Waals surface area contributed by atoms with E-state index >= 15 is 0 Å². The van der Waals surface area contributed by atoms with Crippen molar-refractivity contribution in [3.05, 3.63) is 89.5 Å². The van der Waals surface area contributed by atoms with Crippen molar-refractivity contribution in [3.63, 3.8) is 0 Å². The molecule has 1 aliphatic carbocycles. The van der Waals surface area contributed by atoms with Crippen LogP contribution in [0.1, 0.15) is 31.4 Å². The van der Waals surface area contributed by atoms with E-state index in [1.165, 1.54) is 37.3 Å². The lowest BCUT2D eigenvalue weighted by molar-refractivity contribution is -0.114. The smallest absolute Gasteiger partial charge is 0.251 e. The molecule has 170 valence electrons. The van der Waals surface area contributed by atoms with Crippen LogP contribution in [0.3, 0.4) is 0 Å². The van der Waals surface area contributed by atoms with E-state index in [1.807, 2.05) is 0 Å². The fraction of sp³-hybridized carbons (Fsp3) is 0.292. The van der Waals surface area contributed by atoms with Gasteiger partial charge in [0.25, 0.3) is 5.12 Å². The molecule has 2 unspecified atom stereocenters. The molecule has 0 aromatic heterocycles. The summed E-state index contributed by atoms with van der Waals surface area (Å²) in [4.78, 5) is 13.2. The zero-order valence-corrected chi connectivity index (χ0v) is 19.6. The molecule has 8 heteroatoms. The lowest BCUT2D eigenvalue weighted by atomic mass is 9.88. The number of carbonyl (C=O) groups is 1. The lowest BCUT2D eigenvalue weighted by Gasteiger charge is -2.33. The molecule has 0 spiro atoms. The maximum absolute atomic E-state index is 13.6. The molecule has 1 N–H and O–H groups in total. The minimum absolute atomic E-state index is 0.0277. The van der Waals surface area contributed by atoms with Gasteiger partial charge < -0.3 is 5.11 Å². The zero-order valence-electron chi connectivity index (χ0n) is 17.9. The molecule has 0 saturated heterocycles. The summed E-state index contributed by atoms with van der Waals surface area (Å²) < 4.78 is 50.9. The maximum atomic E-state index is 13.6. The van der Waals surface area contributed by atoms with Gasteiger partial charge in [-0.25, -0.2) is 16.8 Å². The minimum Gasteiger partial charge on any atom is -0.508 e. The average molecular weight is 475 g/mol. The Morgan fingerprint density at radius 3 is 2.25 bits per heavy atom. The number of rotatable bonds is 7. The van der Waals surface area contributed by atoms with Crippen molar-refractivity contribution in [1.29, 1.82) is 0 Å². The van der Waals surface area contributed by atoms with Crippen molar-refractivity contribution in [1.82, 2.24) is 0 Å². The summed E-state index contributed by atoms with van der Waals surface area (Å²) in [5, 5.41) is 8.52. The average Bonchev–Trinajstić information content (AvgIpc) is 2.73. The van der Waals surface area contributed by atoms with Gasteiger partial charge in [-0.1, -0.05) is 73.2 Å². The van der Waals surface area contributed by atoms with Crippen LogP contribution in [0.4, 0.5) is 0 Å². The van der Waals surface area contributed by atoms with Crippen LogP contribution in [-0.2, 0) is 35.0 Å². The molecule has 0 fully saturated rings. The van der Waals surface area contributed by atoms with Gasteiger partial charge in [-0.15, -0.1) is 0 Å². The fourth-order valence-corrected chi connectivity index (χ4v) is 7.89. The van der Waals surface area contributed by atoms with Gasteiger partial charge in [-0.05, 0) is 36.6 Å². The first-order valence-electron chi connectivity index (χ1n) is 10.1. The number of carbonyl (C=O) groups excluding carboxylic acids is 1. The summed E-state index contributed by atoms with van der Waals surface area (Å²) in [5.74, 6) is -2.09. The number of phenols is 1.